The van der Waals surface area contributed by atoms with E-state index in [1.54, 1.807) is 12.1 Å². The highest BCUT2D eigenvalue weighted by molar-refractivity contribution is 7.89. The van der Waals surface area contributed by atoms with Crippen LogP contribution in [-0.4, -0.2) is 55.5 Å². The van der Waals surface area contributed by atoms with Crippen LogP contribution in [0, 0.1) is 5.82 Å². The molecule has 3 rings (SSSR count). The van der Waals surface area contributed by atoms with E-state index < -0.39 is 21.9 Å². The van der Waals surface area contributed by atoms with Crippen molar-refractivity contribution in [3.63, 3.8) is 0 Å². The maximum absolute atomic E-state index is 13.0. The van der Waals surface area contributed by atoms with Crippen LogP contribution >= 0.6 is 0 Å². The Hall–Kier alpha value is -1.74. The van der Waals surface area contributed by atoms with E-state index in [0.717, 1.165) is 12.1 Å². The second kappa shape index (κ2) is 7.02. The number of halogens is 1. The van der Waals surface area contributed by atoms with Gasteiger partial charge < -0.3 is 9.52 Å². The van der Waals surface area contributed by atoms with Gasteiger partial charge in [-0.1, -0.05) is 0 Å². The molecular weight excluding hydrogens is 335 g/mol. The van der Waals surface area contributed by atoms with Crippen LogP contribution in [-0.2, 0) is 10.0 Å². The van der Waals surface area contributed by atoms with Crippen LogP contribution in [0.15, 0.2) is 52.0 Å². The molecule has 0 spiro atoms. The Morgan fingerprint density at radius 1 is 1.12 bits per heavy atom. The Bertz CT molecular complexity index is 754. The fourth-order valence-electron chi connectivity index (χ4n) is 2.72. The molecule has 1 aliphatic rings. The third kappa shape index (κ3) is 3.67. The van der Waals surface area contributed by atoms with Crippen molar-refractivity contribution in [2.24, 2.45) is 0 Å². The molecule has 0 bridgehead atoms. The van der Waals surface area contributed by atoms with Crippen LogP contribution in [0.25, 0.3) is 0 Å². The molecule has 0 radical (unpaired) electrons. The maximum atomic E-state index is 13.0. The van der Waals surface area contributed by atoms with E-state index in [0.29, 0.717) is 38.5 Å². The van der Waals surface area contributed by atoms with Crippen LogP contribution in [0.5, 0.6) is 0 Å². The molecule has 1 N–H and O–H groups in total. The van der Waals surface area contributed by atoms with Crippen LogP contribution in [0.2, 0.25) is 0 Å². The first-order chi connectivity index (χ1) is 11.5. The summed E-state index contributed by atoms with van der Waals surface area (Å²) in [6, 6.07) is 8.26. The maximum Gasteiger partial charge on any atom is 0.243 e. The third-order valence-electron chi connectivity index (χ3n) is 4.09. The number of nitrogens with zero attached hydrogens (tertiary/aromatic N) is 2. The van der Waals surface area contributed by atoms with Gasteiger partial charge in [0.2, 0.25) is 10.0 Å². The highest BCUT2D eigenvalue weighted by Gasteiger charge is 2.29. The fraction of sp³-hybridized carbons (Fsp3) is 0.375. The largest absolute Gasteiger partial charge is 0.467 e. The van der Waals surface area contributed by atoms with Gasteiger partial charge in [0, 0.05) is 32.7 Å². The van der Waals surface area contributed by atoms with Crippen molar-refractivity contribution in [3.05, 3.63) is 54.2 Å². The van der Waals surface area contributed by atoms with Gasteiger partial charge in [0.15, 0.2) is 0 Å². The van der Waals surface area contributed by atoms with E-state index in [1.165, 1.54) is 22.7 Å². The zero-order valence-corrected chi connectivity index (χ0v) is 13.8. The van der Waals surface area contributed by atoms with Gasteiger partial charge in [0.05, 0.1) is 11.2 Å². The SMILES string of the molecule is O=S(=O)(c1ccc(F)cc1)N1CCN(C[C@@H](O)c2ccco2)CC1. The molecule has 1 aromatic carbocycles. The number of piperazine rings is 1. The number of hydrogen-bond acceptors (Lipinski definition) is 5. The molecule has 1 atom stereocenters. The topological polar surface area (TPSA) is 74.0 Å². The first-order valence-electron chi connectivity index (χ1n) is 7.66. The molecule has 8 heteroatoms. The molecule has 0 amide bonds. The Balaban J connectivity index is 1.59. The highest BCUT2D eigenvalue weighted by Crippen LogP contribution is 2.20. The summed E-state index contributed by atoms with van der Waals surface area (Å²) in [5.41, 5.74) is 0. The molecule has 1 aliphatic heterocycles. The number of sulfonamides is 1. The normalized spacial score (nSPS) is 18.6. The molecule has 24 heavy (non-hydrogen) atoms. The standard InChI is InChI=1S/C16H19FN2O4S/c17-13-3-5-14(6-4-13)24(21,22)19-9-7-18(8-10-19)12-15(20)16-2-1-11-23-16/h1-6,11,15,20H,7-10,12H2/t15-/m1/s1. The van der Waals surface area contributed by atoms with Crippen molar-refractivity contribution in [1.82, 2.24) is 9.21 Å². The van der Waals surface area contributed by atoms with Gasteiger partial charge in [0.25, 0.3) is 0 Å². The quantitative estimate of drug-likeness (QED) is 0.880. The second-order valence-electron chi connectivity index (χ2n) is 5.69. The van der Waals surface area contributed by atoms with E-state index in [9.17, 15) is 17.9 Å². The Morgan fingerprint density at radius 3 is 2.38 bits per heavy atom. The lowest BCUT2D eigenvalue weighted by Gasteiger charge is -2.34. The molecule has 2 heterocycles. The van der Waals surface area contributed by atoms with Gasteiger partial charge in [-0.15, -0.1) is 0 Å². The van der Waals surface area contributed by atoms with Gasteiger partial charge in [0.1, 0.15) is 17.7 Å². The summed E-state index contributed by atoms with van der Waals surface area (Å²) in [5, 5.41) is 10.1. The molecule has 2 aromatic rings. The fourth-order valence-corrected chi connectivity index (χ4v) is 4.15. The van der Waals surface area contributed by atoms with Crippen molar-refractivity contribution >= 4 is 10.0 Å². The number of furan rings is 1. The lowest BCUT2D eigenvalue weighted by atomic mass is 10.2. The van der Waals surface area contributed by atoms with Gasteiger partial charge in [-0.05, 0) is 36.4 Å². The zero-order chi connectivity index (χ0) is 17.2. The Labute approximate surface area is 140 Å². The molecule has 130 valence electrons. The molecule has 0 unspecified atom stereocenters. The Kier molecular flexibility index (Phi) is 5.00. The van der Waals surface area contributed by atoms with Crippen molar-refractivity contribution in [2.45, 2.75) is 11.0 Å². The molecule has 6 nitrogen and oxygen atoms in total. The van der Waals surface area contributed by atoms with Crippen LogP contribution < -0.4 is 0 Å². The lowest BCUT2D eigenvalue weighted by Crippen LogP contribution is -2.49. The number of hydrogen-bond donors (Lipinski definition) is 1. The van der Waals surface area contributed by atoms with E-state index in [1.807, 2.05) is 4.90 Å². The van der Waals surface area contributed by atoms with Crippen molar-refractivity contribution in [3.8, 4) is 0 Å². The minimum absolute atomic E-state index is 0.0907. The lowest BCUT2D eigenvalue weighted by molar-refractivity contribution is 0.0776. The van der Waals surface area contributed by atoms with E-state index in [4.69, 9.17) is 4.42 Å². The number of benzene rings is 1. The average molecular weight is 354 g/mol. The summed E-state index contributed by atoms with van der Waals surface area (Å²) < 4.78 is 44.6. The summed E-state index contributed by atoms with van der Waals surface area (Å²) >= 11 is 0. The smallest absolute Gasteiger partial charge is 0.243 e. The van der Waals surface area contributed by atoms with E-state index >= 15 is 0 Å². The van der Waals surface area contributed by atoms with Crippen LogP contribution in [0.3, 0.4) is 0 Å². The van der Waals surface area contributed by atoms with Gasteiger partial charge in [-0.25, -0.2) is 12.8 Å². The predicted molar refractivity (Wildman–Crippen MR) is 85.3 cm³/mol. The first-order valence-corrected chi connectivity index (χ1v) is 9.10. The number of β-amino-alcohol motifs (C(OH)–C–C–N with tert-alkyl or cyclic N) is 1. The third-order valence-corrected chi connectivity index (χ3v) is 6.00. The summed E-state index contributed by atoms with van der Waals surface area (Å²) in [4.78, 5) is 2.08. The van der Waals surface area contributed by atoms with Crippen molar-refractivity contribution < 1.29 is 22.3 Å². The minimum atomic E-state index is -3.61. The van der Waals surface area contributed by atoms with Crippen molar-refractivity contribution in [2.75, 3.05) is 32.7 Å². The summed E-state index contributed by atoms with van der Waals surface area (Å²) in [7, 11) is -3.61. The van der Waals surface area contributed by atoms with Gasteiger partial charge in [-0.3, -0.25) is 4.90 Å². The minimum Gasteiger partial charge on any atom is -0.467 e. The summed E-state index contributed by atoms with van der Waals surface area (Å²) in [6.45, 7) is 2.06. The molecule has 0 saturated carbocycles. The zero-order valence-electron chi connectivity index (χ0n) is 13.0. The number of aliphatic hydroxyl groups is 1. The first kappa shape index (κ1) is 17.1. The van der Waals surface area contributed by atoms with E-state index in [-0.39, 0.29) is 4.90 Å². The molecule has 1 aromatic heterocycles. The van der Waals surface area contributed by atoms with E-state index in [2.05, 4.69) is 0 Å². The average Bonchev–Trinajstić information content (AvgIpc) is 3.10. The monoisotopic (exact) mass is 354 g/mol. The van der Waals surface area contributed by atoms with Crippen molar-refractivity contribution in [1.29, 1.82) is 0 Å². The predicted octanol–water partition coefficient (Wildman–Crippen LogP) is 1.46. The Morgan fingerprint density at radius 2 is 1.79 bits per heavy atom. The second-order valence-corrected chi connectivity index (χ2v) is 7.63. The number of aliphatic hydroxyl groups excluding tert-OH is 1. The van der Waals surface area contributed by atoms with Gasteiger partial charge in [-0.2, -0.15) is 4.31 Å². The summed E-state index contributed by atoms with van der Waals surface area (Å²) in [6.07, 6.45) is 0.770. The molecular formula is C16H19FN2O4S. The van der Waals surface area contributed by atoms with Gasteiger partial charge >= 0.3 is 0 Å². The molecule has 0 aliphatic carbocycles. The van der Waals surface area contributed by atoms with Crippen LogP contribution in [0.4, 0.5) is 4.39 Å². The molecule has 1 saturated heterocycles. The summed E-state index contributed by atoms with van der Waals surface area (Å²) in [5.74, 6) is 0.0297. The van der Waals surface area contributed by atoms with Crippen LogP contribution in [0.1, 0.15) is 11.9 Å². The molecule has 1 fully saturated rings. The highest BCUT2D eigenvalue weighted by atomic mass is 32.2. The number of rotatable bonds is 5.